The summed E-state index contributed by atoms with van der Waals surface area (Å²) in [5, 5.41) is 9.71. The van der Waals surface area contributed by atoms with E-state index in [2.05, 4.69) is 4.72 Å². The molecule has 1 aliphatic heterocycles. The minimum atomic E-state index is -3.96. The van der Waals surface area contributed by atoms with Crippen molar-refractivity contribution in [3.63, 3.8) is 0 Å². The van der Waals surface area contributed by atoms with Gasteiger partial charge in [0.15, 0.2) is 0 Å². The average molecular weight is 461 g/mol. The Balaban J connectivity index is 1.82. The monoisotopic (exact) mass is 460 g/mol. The summed E-state index contributed by atoms with van der Waals surface area (Å²) >= 11 is 0. The Hall–Kier alpha value is -3.07. The lowest BCUT2D eigenvalue weighted by Gasteiger charge is -2.33. The molecule has 1 heterocycles. The van der Waals surface area contributed by atoms with Crippen LogP contribution < -0.4 is 9.62 Å². The van der Waals surface area contributed by atoms with Gasteiger partial charge in [0.2, 0.25) is 0 Å². The number of esters is 1. The molecule has 0 saturated carbocycles. The SMILES string of the molecule is CCOC(=O)C1CCN(c2ccc(NS(=O)(=O)c3cc(C)ccc3C)c(C(=O)O)c2)CC1. The lowest BCUT2D eigenvalue weighted by atomic mass is 9.96. The Morgan fingerprint density at radius 2 is 1.81 bits per heavy atom. The molecule has 8 nitrogen and oxygen atoms in total. The molecular formula is C23H28N2O6S. The molecule has 0 aliphatic carbocycles. The highest BCUT2D eigenvalue weighted by Gasteiger charge is 2.27. The summed E-state index contributed by atoms with van der Waals surface area (Å²) in [5.41, 5.74) is 1.89. The van der Waals surface area contributed by atoms with Crippen LogP contribution in [0.2, 0.25) is 0 Å². The van der Waals surface area contributed by atoms with Crippen molar-refractivity contribution in [2.45, 2.75) is 38.5 Å². The van der Waals surface area contributed by atoms with Gasteiger partial charge in [-0.25, -0.2) is 13.2 Å². The Morgan fingerprint density at radius 1 is 1.12 bits per heavy atom. The van der Waals surface area contributed by atoms with E-state index in [1.165, 1.54) is 12.1 Å². The van der Waals surface area contributed by atoms with Crippen molar-refractivity contribution in [3.05, 3.63) is 53.1 Å². The van der Waals surface area contributed by atoms with E-state index in [9.17, 15) is 23.1 Å². The number of carboxylic acid groups (broad SMARTS) is 1. The second-order valence-corrected chi connectivity index (χ2v) is 9.57. The van der Waals surface area contributed by atoms with Gasteiger partial charge in [-0.05, 0) is 69.0 Å². The van der Waals surface area contributed by atoms with Crippen molar-refractivity contribution < 1.29 is 27.9 Å². The van der Waals surface area contributed by atoms with Crippen LogP contribution in [0.5, 0.6) is 0 Å². The first-order valence-electron chi connectivity index (χ1n) is 10.5. The van der Waals surface area contributed by atoms with E-state index in [4.69, 9.17) is 4.74 Å². The van der Waals surface area contributed by atoms with Crippen LogP contribution in [0, 0.1) is 19.8 Å². The number of piperidine rings is 1. The normalized spacial score (nSPS) is 14.8. The molecule has 1 aliphatic rings. The van der Waals surface area contributed by atoms with Gasteiger partial charge in [-0.15, -0.1) is 0 Å². The van der Waals surface area contributed by atoms with Gasteiger partial charge in [0.05, 0.1) is 28.7 Å². The first-order valence-corrected chi connectivity index (χ1v) is 12.0. The van der Waals surface area contributed by atoms with Crippen molar-refractivity contribution in [2.24, 2.45) is 5.92 Å². The van der Waals surface area contributed by atoms with Crippen molar-refractivity contribution in [2.75, 3.05) is 29.3 Å². The molecule has 3 rings (SSSR count). The number of sulfonamides is 1. The summed E-state index contributed by atoms with van der Waals surface area (Å²) < 4.78 is 33.4. The largest absolute Gasteiger partial charge is 0.478 e. The maximum atomic E-state index is 12.9. The number of hydrogen-bond donors (Lipinski definition) is 2. The fraction of sp³-hybridized carbons (Fsp3) is 0.391. The fourth-order valence-electron chi connectivity index (χ4n) is 3.82. The molecule has 0 radical (unpaired) electrons. The lowest BCUT2D eigenvalue weighted by molar-refractivity contribution is -0.148. The van der Waals surface area contributed by atoms with Crippen LogP contribution in [0.4, 0.5) is 11.4 Å². The molecule has 0 bridgehead atoms. The molecule has 2 N–H and O–H groups in total. The number of ether oxygens (including phenoxy) is 1. The molecule has 0 spiro atoms. The van der Waals surface area contributed by atoms with Gasteiger partial charge in [-0.1, -0.05) is 12.1 Å². The number of hydrogen-bond acceptors (Lipinski definition) is 6. The van der Waals surface area contributed by atoms with Crippen LogP contribution in [0.25, 0.3) is 0 Å². The number of nitrogens with one attached hydrogen (secondary N) is 1. The number of nitrogens with zero attached hydrogens (tertiary/aromatic N) is 1. The Labute approximate surface area is 188 Å². The minimum Gasteiger partial charge on any atom is -0.478 e. The number of carbonyl (C=O) groups excluding carboxylic acids is 1. The smallest absolute Gasteiger partial charge is 0.337 e. The molecule has 0 amide bonds. The van der Waals surface area contributed by atoms with Crippen LogP contribution in [0.3, 0.4) is 0 Å². The maximum absolute atomic E-state index is 12.9. The van der Waals surface area contributed by atoms with Gasteiger partial charge in [-0.3, -0.25) is 9.52 Å². The van der Waals surface area contributed by atoms with Crippen molar-refractivity contribution >= 4 is 33.3 Å². The first kappa shape index (κ1) is 23.6. The number of aryl methyl sites for hydroxylation is 2. The Kier molecular flexibility index (Phi) is 7.08. The maximum Gasteiger partial charge on any atom is 0.337 e. The summed E-state index contributed by atoms with van der Waals surface area (Å²) in [6, 6.07) is 9.72. The minimum absolute atomic E-state index is 0.00330. The number of carboxylic acids is 1. The molecule has 0 unspecified atom stereocenters. The van der Waals surface area contributed by atoms with Gasteiger partial charge in [-0.2, -0.15) is 0 Å². The summed E-state index contributed by atoms with van der Waals surface area (Å²) in [7, 11) is -3.96. The second kappa shape index (κ2) is 9.60. The zero-order chi connectivity index (χ0) is 23.5. The third-order valence-corrected chi connectivity index (χ3v) is 7.10. The second-order valence-electron chi connectivity index (χ2n) is 7.92. The first-order chi connectivity index (χ1) is 15.1. The number of anilines is 2. The zero-order valence-corrected chi connectivity index (χ0v) is 19.2. The molecule has 2 aromatic rings. The molecule has 9 heteroatoms. The Morgan fingerprint density at radius 3 is 2.44 bits per heavy atom. The molecule has 1 saturated heterocycles. The van der Waals surface area contributed by atoms with Gasteiger partial charge < -0.3 is 14.7 Å². The van der Waals surface area contributed by atoms with Gasteiger partial charge >= 0.3 is 11.9 Å². The Bertz CT molecular complexity index is 1120. The summed E-state index contributed by atoms with van der Waals surface area (Å²) in [4.78, 5) is 25.9. The van der Waals surface area contributed by atoms with Crippen molar-refractivity contribution in [1.82, 2.24) is 0 Å². The lowest BCUT2D eigenvalue weighted by Crippen LogP contribution is -2.37. The average Bonchev–Trinajstić information content (AvgIpc) is 2.75. The van der Waals surface area contributed by atoms with E-state index in [0.717, 1.165) is 5.56 Å². The van der Waals surface area contributed by atoms with Crippen LogP contribution in [-0.4, -0.2) is 45.2 Å². The number of benzene rings is 2. The van der Waals surface area contributed by atoms with Crippen molar-refractivity contribution in [1.29, 1.82) is 0 Å². The number of aromatic carboxylic acids is 1. The molecule has 172 valence electrons. The van der Waals surface area contributed by atoms with E-state index >= 15 is 0 Å². The molecule has 2 aromatic carbocycles. The predicted octanol–water partition coefficient (Wildman–Crippen LogP) is 3.58. The third-order valence-electron chi connectivity index (χ3n) is 5.59. The fourth-order valence-corrected chi connectivity index (χ4v) is 5.24. The highest BCUT2D eigenvalue weighted by molar-refractivity contribution is 7.92. The third kappa shape index (κ3) is 5.21. The number of rotatable bonds is 7. The van der Waals surface area contributed by atoms with E-state index in [0.29, 0.717) is 43.8 Å². The molecule has 32 heavy (non-hydrogen) atoms. The molecule has 1 fully saturated rings. The van der Waals surface area contributed by atoms with Crippen LogP contribution in [0.1, 0.15) is 41.3 Å². The molecular weight excluding hydrogens is 432 g/mol. The van der Waals surface area contributed by atoms with E-state index in [1.807, 2.05) is 11.0 Å². The highest BCUT2D eigenvalue weighted by atomic mass is 32.2. The number of carbonyl (C=O) groups is 2. The quantitative estimate of drug-likeness (QED) is 0.607. The van der Waals surface area contributed by atoms with Crippen LogP contribution in [-0.2, 0) is 19.6 Å². The topological polar surface area (TPSA) is 113 Å². The van der Waals surface area contributed by atoms with Gasteiger partial charge in [0.25, 0.3) is 10.0 Å². The predicted molar refractivity (Wildman–Crippen MR) is 122 cm³/mol. The van der Waals surface area contributed by atoms with Crippen molar-refractivity contribution in [3.8, 4) is 0 Å². The van der Waals surface area contributed by atoms with Gasteiger partial charge in [0.1, 0.15) is 0 Å². The summed E-state index contributed by atoms with van der Waals surface area (Å²) in [6.45, 7) is 6.76. The van der Waals surface area contributed by atoms with E-state index in [1.54, 1.807) is 39.0 Å². The van der Waals surface area contributed by atoms with Gasteiger partial charge in [0, 0.05) is 18.8 Å². The standard InChI is InChI=1S/C23H28N2O6S/c1-4-31-23(28)17-9-11-25(12-10-17)18-7-8-20(19(14-18)22(26)27)24-32(29,30)21-13-15(2)5-6-16(21)3/h5-8,13-14,17,24H,4,9-12H2,1-3H3,(H,26,27). The van der Waals surface area contributed by atoms with Crippen LogP contribution in [0.15, 0.2) is 41.3 Å². The molecule has 0 aromatic heterocycles. The van der Waals surface area contributed by atoms with E-state index in [-0.39, 0.29) is 28.0 Å². The molecule has 0 atom stereocenters. The summed E-state index contributed by atoms with van der Waals surface area (Å²) in [6.07, 6.45) is 1.23. The summed E-state index contributed by atoms with van der Waals surface area (Å²) in [5.74, 6) is -1.59. The van der Waals surface area contributed by atoms with Crippen LogP contribution >= 0.6 is 0 Å². The van der Waals surface area contributed by atoms with E-state index < -0.39 is 16.0 Å². The highest BCUT2D eigenvalue weighted by Crippen LogP contribution is 2.30. The zero-order valence-electron chi connectivity index (χ0n) is 18.4.